The third kappa shape index (κ3) is 2.72. The first-order valence-electron chi connectivity index (χ1n) is 6.49. The normalized spacial score (nSPS) is 10.6. The summed E-state index contributed by atoms with van der Waals surface area (Å²) in [5.74, 6) is 0.488. The molecule has 5 heteroatoms. The SMILES string of the molecule is CCCn1ncc(OC)c1C(=O)c1cccc(C)c1I. The van der Waals surface area contributed by atoms with Gasteiger partial charge >= 0.3 is 0 Å². The van der Waals surface area contributed by atoms with Crippen LogP contribution in [0.3, 0.4) is 0 Å². The van der Waals surface area contributed by atoms with Crippen molar-refractivity contribution in [1.82, 2.24) is 9.78 Å². The van der Waals surface area contributed by atoms with Crippen molar-refractivity contribution in [3.05, 3.63) is 44.8 Å². The molecule has 1 aromatic carbocycles. The molecule has 0 aliphatic rings. The zero-order valence-corrected chi connectivity index (χ0v) is 14.0. The van der Waals surface area contributed by atoms with Gasteiger partial charge in [-0.2, -0.15) is 5.10 Å². The van der Waals surface area contributed by atoms with E-state index in [9.17, 15) is 4.79 Å². The van der Waals surface area contributed by atoms with Gasteiger partial charge in [0.1, 0.15) is 0 Å². The Kier molecular flexibility index (Phi) is 4.80. The molecule has 0 atom stereocenters. The number of ether oxygens (including phenoxy) is 1. The maximum absolute atomic E-state index is 12.8. The molecule has 4 nitrogen and oxygen atoms in total. The molecule has 0 aliphatic carbocycles. The third-order valence-electron chi connectivity index (χ3n) is 3.11. The average molecular weight is 384 g/mol. The molecule has 0 saturated heterocycles. The van der Waals surface area contributed by atoms with Gasteiger partial charge in [-0.05, 0) is 47.6 Å². The van der Waals surface area contributed by atoms with Crippen LogP contribution < -0.4 is 4.74 Å². The number of carbonyl (C=O) groups excluding carboxylic acids is 1. The summed E-state index contributed by atoms with van der Waals surface area (Å²) in [6.45, 7) is 4.75. The van der Waals surface area contributed by atoms with Gasteiger partial charge in [0.15, 0.2) is 11.4 Å². The van der Waals surface area contributed by atoms with Crippen LogP contribution in [0.2, 0.25) is 0 Å². The van der Waals surface area contributed by atoms with Crippen LogP contribution in [-0.2, 0) is 6.54 Å². The van der Waals surface area contributed by atoms with Gasteiger partial charge in [-0.25, -0.2) is 0 Å². The van der Waals surface area contributed by atoms with Crippen molar-refractivity contribution >= 4 is 28.4 Å². The summed E-state index contributed by atoms with van der Waals surface area (Å²) in [6.07, 6.45) is 2.52. The van der Waals surface area contributed by atoms with Gasteiger partial charge in [-0.15, -0.1) is 0 Å². The monoisotopic (exact) mass is 384 g/mol. The Labute approximate surface area is 132 Å². The van der Waals surface area contributed by atoms with Crippen molar-refractivity contribution in [2.75, 3.05) is 7.11 Å². The number of carbonyl (C=O) groups is 1. The minimum atomic E-state index is -0.0408. The lowest BCUT2D eigenvalue weighted by molar-refractivity contribution is 0.102. The maximum atomic E-state index is 12.8. The van der Waals surface area contributed by atoms with Crippen LogP contribution in [0.25, 0.3) is 0 Å². The van der Waals surface area contributed by atoms with E-state index in [2.05, 4.69) is 34.6 Å². The number of benzene rings is 1. The first-order chi connectivity index (χ1) is 9.60. The van der Waals surface area contributed by atoms with E-state index in [4.69, 9.17) is 4.74 Å². The average Bonchev–Trinajstić information content (AvgIpc) is 2.84. The minimum absolute atomic E-state index is 0.0408. The van der Waals surface area contributed by atoms with Crippen LogP contribution in [0.1, 0.15) is 35.0 Å². The molecule has 0 bridgehead atoms. The summed E-state index contributed by atoms with van der Waals surface area (Å²) in [7, 11) is 1.56. The van der Waals surface area contributed by atoms with Crippen molar-refractivity contribution in [3.8, 4) is 5.75 Å². The molecular formula is C15H17IN2O2. The van der Waals surface area contributed by atoms with Crippen LogP contribution in [-0.4, -0.2) is 22.7 Å². The molecule has 2 aromatic rings. The predicted molar refractivity (Wildman–Crippen MR) is 86.4 cm³/mol. The van der Waals surface area contributed by atoms with Crippen molar-refractivity contribution in [3.63, 3.8) is 0 Å². The van der Waals surface area contributed by atoms with Crippen molar-refractivity contribution in [2.45, 2.75) is 26.8 Å². The summed E-state index contributed by atoms with van der Waals surface area (Å²) in [5, 5.41) is 4.24. The molecular weight excluding hydrogens is 367 g/mol. The zero-order valence-electron chi connectivity index (χ0n) is 11.8. The first kappa shape index (κ1) is 15.0. The molecule has 1 heterocycles. The fourth-order valence-corrected chi connectivity index (χ4v) is 2.68. The minimum Gasteiger partial charge on any atom is -0.493 e. The molecule has 106 valence electrons. The second-order valence-electron chi connectivity index (χ2n) is 4.55. The highest BCUT2D eigenvalue weighted by Crippen LogP contribution is 2.25. The predicted octanol–water partition coefficient (Wildman–Crippen LogP) is 3.45. The van der Waals surface area contributed by atoms with Gasteiger partial charge in [0.2, 0.25) is 5.78 Å². The van der Waals surface area contributed by atoms with Crippen molar-refractivity contribution in [1.29, 1.82) is 0 Å². The van der Waals surface area contributed by atoms with Crippen LogP contribution in [0, 0.1) is 10.5 Å². The van der Waals surface area contributed by atoms with Gasteiger partial charge in [0.05, 0.1) is 13.3 Å². The molecule has 0 unspecified atom stereocenters. The highest BCUT2D eigenvalue weighted by Gasteiger charge is 2.22. The Balaban J connectivity index is 2.52. The lowest BCUT2D eigenvalue weighted by atomic mass is 10.1. The number of nitrogens with zero attached hydrogens (tertiary/aromatic N) is 2. The summed E-state index contributed by atoms with van der Waals surface area (Å²) in [5.41, 5.74) is 2.32. The Morgan fingerprint density at radius 3 is 2.85 bits per heavy atom. The van der Waals surface area contributed by atoms with Crippen molar-refractivity contribution < 1.29 is 9.53 Å². The molecule has 0 amide bonds. The van der Waals surface area contributed by atoms with E-state index in [0.717, 1.165) is 15.6 Å². The summed E-state index contributed by atoms with van der Waals surface area (Å²) < 4.78 is 7.97. The molecule has 0 radical (unpaired) electrons. The maximum Gasteiger partial charge on any atom is 0.215 e. The fraction of sp³-hybridized carbons (Fsp3) is 0.333. The second kappa shape index (κ2) is 6.39. The largest absolute Gasteiger partial charge is 0.493 e. The summed E-state index contributed by atoms with van der Waals surface area (Å²) >= 11 is 2.21. The Morgan fingerprint density at radius 1 is 1.45 bits per heavy atom. The van der Waals surface area contributed by atoms with Crippen LogP contribution in [0.5, 0.6) is 5.75 Å². The standard InChI is InChI=1S/C15H17IN2O2/c1-4-8-18-14(12(20-3)9-17-18)15(19)11-7-5-6-10(2)13(11)16/h5-7,9H,4,8H2,1-3H3. The van der Waals surface area contributed by atoms with E-state index in [1.165, 1.54) is 0 Å². The Hall–Kier alpha value is -1.37. The molecule has 0 fully saturated rings. The molecule has 0 N–H and O–H groups in total. The van der Waals surface area contributed by atoms with Gasteiger partial charge in [-0.3, -0.25) is 9.48 Å². The molecule has 0 spiro atoms. The van der Waals surface area contributed by atoms with Gasteiger partial charge in [-0.1, -0.05) is 19.1 Å². The van der Waals surface area contributed by atoms with Gasteiger partial charge < -0.3 is 4.74 Å². The lowest BCUT2D eigenvalue weighted by Gasteiger charge is -2.10. The topological polar surface area (TPSA) is 44.1 Å². The smallest absolute Gasteiger partial charge is 0.215 e. The summed E-state index contributed by atoms with van der Waals surface area (Å²) in [4.78, 5) is 12.8. The number of hydrogen-bond donors (Lipinski definition) is 0. The first-order valence-corrected chi connectivity index (χ1v) is 7.57. The molecule has 20 heavy (non-hydrogen) atoms. The third-order valence-corrected chi connectivity index (χ3v) is 4.54. The lowest BCUT2D eigenvalue weighted by Crippen LogP contribution is -2.14. The van der Waals surface area contributed by atoms with Crippen LogP contribution in [0.4, 0.5) is 0 Å². The quantitative estimate of drug-likeness (QED) is 0.586. The number of methoxy groups -OCH3 is 1. The second-order valence-corrected chi connectivity index (χ2v) is 5.63. The molecule has 0 saturated carbocycles. The van der Waals surface area contributed by atoms with Gasteiger partial charge in [0, 0.05) is 15.7 Å². The highest BCUT2D eigenvalue weighted by molar-refractivity contribution is 14.1. The van der Waals surface area contributed by atoms with Gasteiger partial charge in [0.25, 0.3) is 0 Å². The Morgan fingerprint density at radius 2 is 2.20 bits per heavy atom. The van der Waals surface area contributed by atoms with E-state index in [1.807, 2.05) is 25.1 Å². The number of halogens is 1. The van der Waals surface area contributed by atoms with Crippen LogP contribution >= 0.6 is 22.6 Å². The number of rotatable bonds is 5. The highest BCUT2D eigenvalue weighted by atomic mass is 127. The van der Waals surface area contributed by atoms with E-state index in [-0.39, 0.29) is 5.78 Å². The molecule has 0 aliphatic heterocycles. The van der Waals surface area contributed by atoms with E-state index < -0.39 is 0 Å². The van der Waals surface area contributed by atoms with E-state index in [0.29, 0.717) is 23.6 Å². The number of aryl methyl sites for hydroxylation is 2. The summed E-state index contributed by atoms with van der Waals surface area (Å²) in [6, 6.07) is 5.75. The number of hydrogen-bond acceptors (Lipinski definition) is 3. The number of ketones is 1. The van der Waals surface area contributed by atoms with E-state index >= 15 is 0 Å². The Bertz CT molecular complexity index is 635. The van der Waals surface area contributed by atoms with E-state index in [1.54, 1.807) is 18.0 Å². The van der Waals surface area contributed by atoms with Crippen molar-refractivity contribution in [2.24, 2.45) is 0 Å². The molecule has 1 aromatic heterocycles. The number of aromatic nitrogens is 2. The van der Waals surface area contributed by atoms with Crippen LogP contribution in [0.15, 0.2) is 24.4 Å². The fourth-order valence-electron chi connectivity index (χ4n) is 2.08. The zero-order chi connectivity index (χ0) is 14.7. The molecule has 2 rings (SSSR count).